The fourth-order valence-corrected chi connectivity index (χ4v) is 2.89. The summed E-state index contributed by atoms with van der Waals surface area (Å²) >= 11 is 0. The van der Waals surface area contributed by atoms with E-state index in [9.17, 15) is 13.2 Å². The van der Waals surface area contributed by atoms with E-state index in [1.807, 2.05) is 0 Å². The van der Waals surface area contributed by atoms with Crippen LogP contribution in [-0.4, -0.2) is 55.2 Å². The van der Waals surface area contributed by atoms with Crippen molar-refractivity contribution in [1.82, 2.24) is 9.88 Å². The summed E-state index contributed by atoms with van der Waals surface area (Å²) in [6, 6.07) is 6.94. The van der Waals surface area contributed by atoms with Crippen LogP contribution in [0.2, 0.25) is 0 Å². The first-order valence-electron chi connectivity index (χ1n) is 8.37. The molecule has 0 aliphatic carbocycles. The van der Waals surface area contributed by atoms with Crippen LogP contribution in [0.5, 0.6) is 5.75 Å². The standard InChI is InChI=1S/C18H20F3N5O/c1-25-6-8-26(9-7-25)16-10-12(4-5-24-16)17(23)14-11-13(2-3-15(14)22)27-18(19,20)21/h2-5,10-11,23H,6-9,22H2,1H3. The number of halogens is 3. The summed E-state index contributed by atoms with van der Waals surface area (Å²) in [4.78, 5) is 8.69. The number of alkyl halides is 3. The molecule has 27 heavy (non-hydrogen) atoms. The normalized spacial score (nSPS) is 15.6. The minimum atomic E-state index is -4.80. The number of nitrogens with one attached hydrogen (secondary N) is 1. The van der Waals surface area contributed by atoms with Gasteiger partial charge in [-0.15, -0.1) is 13.2 Å². The second kappa shape index (κ2) is 7.43. The zero-order chi connectivity index (χ0) is 19.6. The molecule has 0 amide bonds. The molecule has 0 saturated carbocycles. The number of piperazine rings is 1. The van der Waals surface area contributed by atoms with E-state index in [0.29, 0.717) is 5.56 Å². The number of benzene rings is 1. The lowest BCUT2D eigenvalue weighted by atomic mass is 10.0. The second-order valence-electron chi connectivity index (χ2n) is 6.36. The molecule has 1 fully saturated rings. The van der Waals surface area contributed by atoms with Gasteiger partial charge in [0.1, 0.15) is 11.6 Å². The van der Waals surface area contributed by atoms with Crippen molar-refractivity contribution < 1.29 is 17.9 Å². The molecule has 6 nitrogen and oxygen atoms in total. The van der Waals surface area contributed by atoms with Crippen LogP contribution in [0.3, 0.4) is 0 Å². The summed E-state index contributed by atoms with van der Waals surface area (Å²) in [7, 11) is 2.05. The number of rotatable bonds is 4. The molecule has 2 aromatic rings. The maximum atomic E-state index is 12.5. The number of aromatic nitrogens is 1. The lowest BCUT2D eigenvalue weighted by Crippen LogP contribution is -2.44. The van der Waals surface area contributed by atoms with Crippen molar-refractivity contribution in [1.29, 1.82) is 5.41 Å². The van der Waals surface area contributed by atoms with Crippen molar-refractivity contribution in [3.8, 4) is 5.75 Å². The van der Waals surface area contributed by atoms with Gasteiger partial charge in [0.25, 0.3) is 0 Å². The SMILES string of the molecule is CN1CCN(c2cc(C(=N)c3cc(OC(F)(F)F)ccc3N)ccn2)CC1. The van der Waals surface area contributed by atoms with E-state index in [0.717, 1.165) is 44.1 Å². The third-order valence-corrected chi connectivity index (χ3v) is 4.39. The van der Waals surface area contributed by atoms with E-state index in [-0.39, 0.29) is 17.0 Å². The predicted octanol–water partition coefficient (Wildman–Crippen LogP) is 2.73. The van der Waals surface area contributed by atoms with Crippen molar-refractivity contribution in [2.75, 3.05) is 43.9 Å². The monoisotopic (exact) mass is 379 g/mol. The number of hydrogen-bond acceptors (Lipinski definition) is 6. The van der Waals surface area contributed by atoms with Gasteiger partial charge < -0.3 is 20.3 Å². The maximum absolute atomic E-state index is 12.5. The van der Waals surface area contributed by atoms with Gasteiger partial charge in [-0.3, -0.25) is 5.41 Å². The van der Waals surface area contributed by atoms with Crippen LogP contribution >= 0.6 is 0 Å². The van der Waals surface area contributed by atoms with Gasteiger partial charge in [0, 0.05) is 49.2 Å². The van der Waals surface area contributed by atoms with E-state index in [4.69, 9.17) is 11.1 Å². The molecule has 1 aliphatic rings. The number of hydrogen-bond donors (Lipinski definition) is 2. The number of ether oxygens (including phenoxy) is 1. The molecular formula is C18H20F3N5O. The number of pyridine rings is 1. The highest BCUT2D eigenvalue weighted by atomic mass is 19.4. The molecule has 1 aromatic carbocycles. The Bertz CT molecular complexity index is 832. The molecule has 0 unspecified atom stereocenters. The molecule has 1 saturated heterocycles. The minimum absolute atomic E-state index is 0.0119. The highest BCUT2D eigenvalue weighted by Crippen LogP contribution is 2.28. The smallest absolute Gasteiger partial charge is 0.406 e. The second-order valence-corrected chi connectivity index (χ2v) is 6.36. The van der Waals surface area contributed by atoms with Gasteiger partial charge in [-0.05, 0) is 37.4 Å². The average Bonchev–Trinajstić information content (AvgIpc) is 2.62. The summed E-state index contributed by atoms with van der Waals surface area (Å²) in [6.45, 7) is 3.45. The Balaban J connectivity index is 1.85. The third kappa shape index (κ3) is 4.68. The molecule has 0 bridgehead atoms. The molecule has 1 aliphatic heterocycles. The molecule has 0 radical (unpaired) electrons. The Kier molecular flexibility index (Phi) is 5.22. The molecule has 0 atom stereocenters. The molecule has 144 valence electrons. The minimum Gasteiger partial charge on any atom is -0.406 e. The van der Waals surface area contributed by atoms with E-state index < -0.39 is 12.1 Å². The first-order chi connectivity index (χ1) is 12.7. The zero-order valence-corrected chi connectivity index (χ0v) is 14.8. The van der Waals surface area contributed by atoms with Crippen LogP contribution in [0.15, 0.2) is 36.5 Å². The van der Waals surface area contributed by atoms with Gasteiger partial charge in [0.2, 0.25) is 0 Å². The summed E-state index contributed by atoms with van der Waals surface area (Å²) in [6.07, 6.45) is -3.22. The summed E-state index contributed by atoms with van der Waals surface area (Å²) in [5, 5.41) is 8.41. The highest BCUT2D eigenvalue weighted by Gasteiger charge is 2.31. The molecule has 3 rings (SSSR count). The third-order valence-electron chi connectivity index (χ3n) is 4.39. The first kappa shape index (κ1) is 19.0. The van der Waals surface area contributed by atoms with Crippen LogP contribution < -0.4 is 15.4 Å². The van der Waals surface area contributed by atoms with E-state index in [1.165, 1.54) is 6.07 Å². The maximum Gasteiger partial charge on any atom is 0.573 e. The Morgan fingerprint density at radius 1 is 1.15 bits per heavy atom. The zero-order valence-electron chi connectivity index (χ0n) is 14.8. The van der Waals surface area contributed by atoms with E-state index in [1.54, 1.807) is 18.3 Å². The quantitative estimate of drug-likeness (QED) is 0.631. The average molecular weight is 379 g/mol. The molecule has 9 heteroatoms. The van der Waals surface area contributed by atoms with Gasteiger partial charge >= 0.3 is 6.36 Å². The highest BCUT2D eigenvalue weighted by molar-refractivity contribution is 6.14. The van der Waals surface area contributed by atoms with Gasteiger partial charge in [0.15, 0.2) is 0 Å². The number of likely N-dealkylation sites (N-methyl/N-ethyl adjacent to an activating group) is 1. The number of nitrogens with zero attached hydrogens (tertiary/aromatic N) is 3. The Hall–Kier alpha value is -2.81. The largest absolute Gasteiger partial charge is 0.573 e. The van der Waals surface area contributed by atoms with Crippen molar-refractivity contribution in [3.63, 3.8) is 0 Å². The lowest BCUT2D eigenvalue weighted by molar-refractivity contribution is -0.274. The van der Waals surface area contributed by atoms with Crippen molar-refractivity contribution in [3.05, 3.63) is 47.7 Å². The van der Waals surface area contributed by atoms with Gasteiger partial charge in [-0.1, -0.05) is 0 Å². The fraction of sp³-hybridized carbons (Fsp3) is 0.333. The van der Waals surface area contributed by atoms with Gasteiger partial charge in [-0.25, -0.2) is 4.98 Å². The topological polar surface area (TPSA) is 78.5 Å². The molecule has 1 aromatic heterocycles. The molecule has 2 heterocycles. The van der Waals surface area contributed by atoms with Crippen LogP contribution in [0.25, 0.3) is 0 Å². The molecule has 0 spiro atoms. The lowest BCUT2D eigenvalue weighted by Gasteiger charge is -2.33. The van der Waals surface area contributed by atoms with Crippen LogP contribution in [0.1, 0.15) is 11.1 Å². The van der Waals surface area contributed by atoms with Gasteiger partial charge in [-0.2, -0.15) is 0 Å². The van der Waals surface area contributed by atoms with Crippen molar-refractivity contribution in [2.45, 2.75) is 6.36 Å². The summed E-state index contributed by atoms with van der Waals surface area (Å²) in [5.74, 6) is 0.316. The van der Waals surface area contributed by atoms with Crippen LogP contribution in [0.4, 0.5) is 24.7 Å². The summed E-state index contributed by atoms with van der Waals surface area (Å²) in [5.41, 5.74) is 6.79. The van der Waals surface area contributed by atoms with Gasteiger partial charge in [0.05, 0.1) is 5.71 Å². The van der Waals surface area contributed by atoms with E-state index >= 15 is 0 Å². The first-order valence-corrected chi connectivity index (χ1v) is 8.37. The predicted molar refractivity (Wildman–Crippen MR) is 97.4 cm³/mol. The number of anilines is 2. The van der Waals surface area contributed by atoms with E-state index in [2.05, 4.69) is 26.6 Å². The Morgan fingerprint density at radius 2 is 1.85 bits per heavy atom. The molecular weight excluding hydrogens is 359 g/mol. The van der Waals surface area contributed by atoms with Crippen molar-refractivity contribution >= 4 is 17.2 Å². The van der Waals surface area contributed by atoms with Crippen LogP contribution in [-0.2, 0) is 0 Å². The fourth-order valence-electron chi connectivity index (χ4n) is 2.89. The Morgan fingerprint density at radius 3 is 2.52 bits per heavy atom. The van der Waals surface area contributed by atoms with Crippen molar-refractivity contribution in [2.24, 2.45) is 0 Å². The number of nitrogens with two attached hydrogens (primary N) is 1. The summed E-state index contributed by atoms with van der Waals surface area (Å²) < 4.78 is 41.3. The van der Waals surface area contributed by atoms with Crippen LogP contribution in [0, 0.1) is 5.41 Å². The molecule has 3 N–H and O–H groups in total. The Labute approximate surface area is 154 Å². The number of nitrogen functional groups attached to an aromatic ring is 1.